The van der Waals surface area contributed by atoms with Crippen molar-refractivity contribution in [2.75, 3.05) is 6.26 Å². The first-order valence-corrected chi connectivity index (χ1v) is 7.23. The third-order valence-corrected chi connectivity index (χ3v) is 3.65. The molecule has 0 radical (unpaired) electrons. The largest absolute Gasteiger partial charge is 0.409 e. The molecule has 0 fully saturated rings. The summed E-state index contributed by atoms with van der Waals surface area (Å²) < 4.78 is 22.5. The number of nitrogens with zero attached hydrogens (tertiary/aromatic N) is 1. The van der Waals surface area contributed by atoms with Crippen molar-refractivity contribution in [3.05, 3.63) is 29.8 Å². The Morgan fingerprint density at radius 3 is 2.44 bits per heavy atom. The fourth-order valence-corrected chi connectivity index (χ4v) is 1.95. The Bertz CT molecular complexity index is 523. The third kappa shape index (κ3) is 4.01. The molecule has 0 saturated heterocycles. The summed E-state index contributed by atoms with van der Waals surface area (Å²) in [6.45, 7) is 2.27. The normalized spacial score (nSPS) is 14.4. The van der Waals surface area contributed by atoms with Gasteiger partial charge >= 0.3 is 0 Å². The van der Waals surface area contributed by atoms with Gasteiger partial charge in [0.05, 0.1) is 10.9 Å². The van der Waals surface area contributed by atoms with Crippen molar-refractivity contribution in [3.8, 4) is 0 Å². The fourth-order valence-electron chi connectivity index (χ4n) is 1.32. The molecular formula is C11H17N3O3S. The minimum atomic E-state index is -3.16. The Kier molecular flexibility index (Phi) is 4.69. The molecule has 0 aliphatic rings. The van der Waals surface area contributed by atoms with Gasteiger partial charge < -0.3 is 16.3 Å². The first-order chi connectivity index (χ1) is 8.34. The smallest absolute Gasteiger partial charge is 0.175 e. The van der Waals surface area contributed by atoms with E-state index in [0.717, 1.165) is 5.56 Å². The first kappa shape index (κ1) is 14.5. The van der Waals surface area contributed by atoms with Crippen LogP contribution < -0.4 is 11.1 Å². The van der Waals surface area contributed by atoms with Crippen LogP contribution in [0.15, 0.2) is 34.3 Å². The van der Waals surface area contributed by atoms with Crippen LogP contribution in [0.5, 0.6) is 0 Å². The predicted octanol–water partition coefficient (Wildman–Crippen LogP) is 0.315. The number of hydrogen-bond donors (Lipinski definition) is 3. The molecule has 7 heteroatoms. The monoisotopic (exact) mass is 271 g/mol. The maximum Gasteiger partial charge on any atom is 0.175 e. The molecule has 6 nitrogen and oxygen atoms in total. The molecule has 0 aromatic heterocycles. The fraction of sp³-hybridized carbons (Fsp3) is 0.364. The molecule has 100 valence electrons. The lowest BCUT2D eigenvalue weighted by Gasteiger charge is -2.12. The molecular weight excluding hydrogens is 254 g/mol. The van der Waals surface area contributed by atoms with Gasteiger partial charge in [0.1, 0.15) is 0 Å². The topological polar surface area (TPSA) is 105 Å². The van der Waals surface area contributed by atoms with Crippen LogP contribution in [-0.4, -0.2) is 31.8 Å². The van der Waals surface area contributed by atoms with E-state index in [1.807, 2.05) is 0 Å². The summed E-state index contributed by atoms with van der Waals surface area (Å²) in [6.07, 6.45) is 1.17. The van der Waals surface area contributed by atoms with E-state index in [1.54, 1.807) is 31.2 Å². The van der Waals surface area contributed by atoms with E-state index in [4.69, 9.17) is 10.9 Å². The summed E-state index contributed by atoms with van der Waals surface area (Å²) in [5, 5.41) is 14.4. The number of benzene rings is 1. The maximum atomic E-state index is 11.3. The average Bonchev–Trinajstić information content (AvgIpc) is 2.34. The SMILES string of the molecule is CC(NCc1ccc(S(C)(=O)=O)cc1)C(N)=NO. The van der Waals surface area contributed by atoms with E-state index in [1.165, 1.54) is 6.26 Å². The van der Waals surface area contributed by atoms with Gasteiger partial charge in [-0.25, -0.2) is 8.42 Å². The van der Waals surface area contributed by atoms with Crippen LogP contribution in [0.3, 0.4) is 0 Å². The molecule has 0 bridgehead atoms. The summed E-state index contributed by atoms with van der Waals surface area (Å²) in [7, 11) is -3.16. The van der Waals surface area contributed by atoms with Gasteiger partial charge in [-0.2, -0.15) is 0 Å². The molecule has 1 aromatic rings. The quantitative estimate of drug-likeness (QED) is 0.309. The van der Waals surface area contributed by atoms with E-state index in [0.29, 0.717) is 6.54 Å². The van der Waals surface area contributed by atoms with Crippen LogP contribution in [0.2, 0.25) is 0 Å². The van der Waals surface area contributed by atoms with Crippen molar-refractivity contribution in [2.45, 2.75) is 24.4 Å². The minimum Gasteiger partial charge on any atom is -0.409 e. The van der Waals surface area contributed by atoms with Gasteiger partial charge in [-0.3, -0.25) is 0 Å². The van der Waals surface area contributed by atoms with Crippen LogP contribution >= 0.6 is 0 Å². The van der Waals surface area contributed by atoms with E-state index in [-0.39, 0.29) is 16.8 Å². The average molecular weight is 271 g/mol. The zero-order valence-corrected chi connectivity index (χ0v) is 11.1. The van der Waals surface area contributed by atoms with Gasteiger partial charge in [-0.15, -0.1) is 0 Å². The molecule has 18 heavy (non-hydrogen) atoms. The van der Waals surface area contributed by atoms with Crippen LogP contribution in [0, 0.1) is 0 Å². The summed E-state index contributed by atoms with van der Waals surface area (Å²) in [4.78, 5) is 0.288. The highest BCUT2D eigenvalue weighted by Gasteiger charge is 2.08. The summed E-state index contributed by atoms with van der Waals surface area (Å²) in [5.74, 6) is 0.0998. The number of hydrogen-bond acceptors (Lipinski definition) is 5. The molecule has 1 atom stereocenters. The van der Waals surface area contributed by atoms with Gasteiger partial charge in [-0.1, -0.05) is 17.3 Å². The Hall–Kier alpha value is -1.60. The number of oxime groups is 1. The van der Waals surface area contributed by atoms with Crippen molar-refractivity contribution in [1.29, 1.82) is 0 Å². The first-order valence-electron chi connectivity index (χ1n) is 5.34. The minimum absolute atomic E-state index is 0.0998. The number of rotatable bonds is 5. The zero-order valence-electron chi connectivity index (χ0n) is 10.3. The summed E-state index contributed by atoms with van der Waals surface area (Å²) >= 11 is 0. The predicted molar refractivity (Wildman–Crippen MR) is 69.3 cm³/mol. The van der Waals surface area contributed by atoms with Gasteiger partial charge in [0.15, 0.2) is 15.7 Å². The van der Waals surface area contributed by atoms with E-state index in [2.05, 4.69) is 10.5 Å². The molecule has 0 saturated carbocycles. The second kappa shape index (κ2) is 5.83. The number of nitrogens with one attached hydrogen (secondary N) is 1. The van der Waals surface area contributed by atoms with Gasteiger partial charge in [-0.05, 0) is 24.6 Å². The van der Waals surface area contributed by atoms with Crippen LogP contribution in [-0.2, 0) is 16.4 Å². The highest BCUT2D eigenvalue weighted by Crippen LogP contribution is 2.10. The Labute approximate surface area is 106 Å². The molecule has 1 aromatic carbocycles. The molecule has 1 rings (SSSR count). The molecule has 1 unspecified atom stereocenters. The Morgan fingerprint density at radius 1 is 1.44 bits per heavy atom. The van der Waals surface area contributed by atoms with Crippen molar-refractivity contribution in [1.82, 2.24) is 5.32 Å². The second-order valence-electron chi connectivity index (χ2n) is 4.04. The van der Waals surface area contributed by atoms with Crippen molar-refractivity contribution in [2.24, 2.45) is 10.9 Å². The van der Waals surface area contributed by atoms with Crippen molar-refractivity contribution >= 4 is 15.7 Å². The van der Waals surface area contributed by atoms with Crippen molar-refractivity contribution < 1.29 is 13.6 Å². The van der Waals surface area contributed by atoms with Crippen LogP contribution in [0.1, 0.15) is 12.5 Å². The summed E-state index contributed by atoms with van der Waals surface area (Å²) in [6, 6.07) is 6.30. The molecule has 4 N–H and O–H groups in total. The lowest BCUT2D eigenvalue weighted by Crippen LogP contribution is -2.38. The van der Waals surface area contributed by atoms with E-state index < -0.39 is 9.84 Å². The van der Waals surface area contributed by atoms with E-state index in [9.17, 15) is 8.42 Å². The molecule has 0 heterocycles. The lowest BCUT2D eigenvalue weighted by atomic mass is 10.2. The highest BCUT2D eigenvalue weighted by molar-refractivity contribution is 7.90. The Balaban J connectivity index is 2.66. The standard InChI is InChI=1S/C11H17N3O3S/c1-8(11(12)14-15)13-7-9-3-5-10(6-4-9)18(2,16)17/h3-6,8,13,15H,7H2,1-2H3,(H2,12,14). The van der Waals surface area contributed by atoms with Gasteiger partial charge in [0.2, 0.25) is 0 Å². The van der Waals surface area contributed by atoms with Gasteiger partial charge in [0.25, 0.3) is 0 Å². The lowest BCUT2D eigenvalue weighted by molar-refractivity contribution is 0.315. The van der Waals surface area contributed by atoms with Crippen LogP contribution in [0.25, 0.3) is 0 Å². The second-order valence-corrected chi connectivity index (χ2v) is 6.06. The number of sulfone groups is 1. The molecule has 0 amide bonds. The molecule has 0 aliphatic heterocycles. The van der Waals surface area contributed by atoms with Crippen molar-refractivity contribution in [3.63, 3.8) is 0 Å². The maximum absolute atomic E-state index is 11.3. The third-order valence-electron chi connectivity index (χ3n) is 2.52. The summed E-state index contributed by atoms with van der Waals surface area (Å²) in [5.41, 5.74) is 6.34. The molecule has 0 spiro atoms. The number of nitrogens with two attached hydrogens (primary N) is 1. The molecule has 0 aliphatic carbocycles. The zero-order chi connectivity index (χ0) is 13.8. The van der Waals surface area contributed by atoms with Crippen LogP contribution in [0.4, 0.5) is 0 Å². The number of amidine groups is 1. The van der Waals surface area contributed by atoms with E-state index >= 15 is 0 Å². The highest BCUT2D eigenvalue weighted by atomic mass is 32.2. The van der Waals surface area contributed by atoms with Gasteiger partial charge in [0, 0.05) is 12.8 Å². The Morgan fingerprint density at radius 2 is 2.00 bits per heavy atom.